The first-order valence-corrected chi connectivity index (χ1v) is 8.88. The number of rotatable bonds is 4. The molecule has 0 saturated heterocycles. The molecule has 0 N–H and O–H groups in total. The van der Waals surface area contributed by atoms with Crippen LogP contribution in [0.1, 0.15) is 96.9 Å². The normalized spacial score (nSPS) is 21.5. The van der Waals surface area contributed by atoms with E-state index in [9.17, 15) is 0 Å². The van der Waals surface area contributed by atoms with Crippen LogP contribution >= 0.6 is 0 Å². The van der Waals surface area contributed by atoms with Crippen molar-refractivity contribution in [2.45, 2.75) is 97.4 Å². The molecule has 0 aliphatic heterocycles. The van der Waals surface area contributed by atoms with Gasteiger partial charge in [0.2, 0.25) is 0 Å². The summed E-state index contributed by atoms with van der Waals surface area (Å²) in [6.45, 7) is 11.4. The zero-order valence-electron chi connectivity index (χ0n) is 14.7. The highest BCUT2D eigenvalue weighted by atomic mass is 15.5. The van der Waals surface area contributed by atoms with Gasteiger partial charge in [0.25, 0.3) is 0 Å². The lowest BCUT2D eigenvalue weighted by Crippen LogP contribution is -2.27. The Hall–Kier alpha value is -0.860. The first-order valence-electron chi connectivity index (χ1n) is 8.88. The lowest BCUT2D eigenvalue weighted by Gasteiger charge is -2.29. The summed E-state index contributed by atoms with van der Waals surface area (Å²) < 4.78 is 2.22. The fourth-order valence-electron chi connectivity index (χ4n) is 3.73. The van der Waals surface area contributed by atoms with Gasteiger partial charge in [0.05, 0.1) is 16.9 Å². The monoisotopic (exact) mass is 291 g/mol. The summed E-state index contributed by atoms with van der Waals surface area (Å²) in [6.07, 6.45) is 10.3. The number of fused-ring (bicyclic) bond motifs is 1. The van der Waals surface area contributed by atoms with Crippen LogP contribution in [0.3, 0.4) is 0 Å². The van der Waals surface area contributed by atoms with E-state index < -0.39 is 0 Å². The molecule has 2 unspecified atom stereocenters. The lowest BCUT2D eigenvalue weighted by atomic mass is 9.83. The van der Waals surface area contributed by atoms with Gasteiger partial charge in [-0.05, 0) is 52.4 Å². The van der Waals surface area contributed by atoms with Crippen molar-refractivity contribution in [2.24, 2.45) is 5.92 Å². The van der Waals surface area contributed by atoms with E-state index in [1.54, 1.807) is 0 Å². The average Bonchev–Trinajstić information content (AvgIpc) is 2.77. The van der Waals surface area contributed by atoms with Crippen LogP contribution in [0.25, 0.3) is 0 Å². The molecule has 1 heterocycles. The topological polar surface area (TPSA) is 30.7 Å². The molecule has 2 rings (SSSR count). The molecule has 1 aliphatic carbocycles. The molecule has 1 aromatic heterocycles. The van der Waals surface area contributed by atoms with Gasteiger partial charge in [-0.25, -0.2) is 4.68 Å². The molecular formula is C18H33N3. The molecule has 3 heteroatoms. The van der Waals surface area contributed by atoms with Gasteiger partial charge in [0, 0.05) is 5.92 Å². The average molecular weight is 291 g/mol. The summed E-state index contributed by atoms with van der Waals surface area (Å²) in [5.74, 6) is 1.45. The summed E-state index contributed by atoms with van der Waals surface area (Å²) in [4.78, 5) is 0. The van der Waals surface area contributed by atoms with Crippen LogP contribution in [0.2, 0.25) is 0 Å². The van der Waals surface area contributed by atoms with Crippen molar-refractivity contribution in [3.05, 3.63) is 11.4 Å². The molecule has 0 fully saturated rings. The zero-order valence-corrected chi connectivity index (χ0v) is 14.7. The molecule has 0 saturated carbocycles. The first-order chi connectivity index (χ1) is 9.93. The van der Waals surface area contributed by atoms with E-state index in [1.807, 2.05) is 0 Å². The van der Waals surface area contributed by atoms with Crippen molar-refractivity contribution in [1.82, 2.24) is 15.0 Å². The highest BCUT2D eigenvalue weighted by Crippen LogP contribution is 2.36. The molecule has 0 radical (unpaired) electrons. The summed E-state index contributed by atoms with van der Waals surface area (Å²) in [6, 6.07) is 0. The third-order valence-corrected chi connectivity index (χ3v) is 4.74. The van der Waals surface area contributed by atoms with Gasteiger partial charge in [-0.15, -0.1) is 5.10 Å². The quantitative estimate of drug-likeness (QED) is 0.776. The Kier molecular flexibility index (Phi) is 5.45. The number of hydrogen-bond acceptors (Lipinski definition) is 2. The van der Waals surface area contributed by atoms with Crippen molar-refractivity contribution >= 4 is 0 Å². The summed E-state index contributed by atoms with van der Waals surface area (Å²) in [7, 11) is 0. The van der Waals surface area contributed by atoms with Gasteiger partial charge in [-0.1, -0.05) is 44.7 Å². The molecule has 21 heavy (non-hydrogen) atoms. The SMILES string of the molecule is CCCC(C)CC1CCCCCc2nnn(C(C)(C)C)c21. The van der Waals surface area contributed by atoms with Gasteiger partial charge in [-0.2, -0.15) is 0 Å². The van der Waals surface area contributed by atoms with Gasteiger partial charge in [-0.3, -0.25) is 0 Å². The van der Waals surface area contributed by atoms with Crippen molar-refractivity contribution < 1.29 is 0 Å². The molecule has 1 aromatic rings. The predicted molar refractivity (Wildman–Crippen MR) is 88.6 cm³/mol. The number of aryl methyl sites for hydroxylation is 1. The maximum absolute atomic E-state index is 4.54. The maximum Gasteiger partial charge on any atom is 0.0862 e. The van der Waals surface area contributed by atoms with Crippen molar-refractivity contribution in [3.8, 4) is 0 Å². The second-order valence-corrected chi connectivity index (χ2v) is 7.93. The first kappa shape index (κ1) is 16.5. The Labute approximate surface area is 130 Å². The Morgan fingerprint density at radius 3 is 2.67 bits per heavy atom. The van der Waals surface area contributed by atoms with Gasteiger partial charge in [0.1, 0.15) is 0 Å². The van der Waals surface area contributed by atoms with Crippen molar-refractivity contribution in [1.29, 1.82) is 0 Å². The second kappa shape index (κ2) is 6.93. The highest BCUT2D eigenvalue weighted by Gasteiger charge is 2.29. The molecule has 2 atom stereocenters. The molecular weight excluding hydrogens is 258 g/mol. The predicted octanol–water partition coefficient (Wildman–Crippen LogP) is 5.06. The van der Waals surface area contributed by atoms with Gasteiger partial charge < -0.3 is 0 Å². The molecule has 1 aliphatic rings. The zero-order chi connectivity index (χ0) is 15.5. The van der Waals surface area contributed by atoms with E-state index >= 15 is 0 Å². The summed E-state index contributed by atoms with van der Waals surface area (Å²) in [5, 5.41) is 9.06. The minimum absolute atomic E-state index is 0.0338. The molecule has 0 amide bonds. The van der Waals surface area contributed by atoms with Crippen LogP contribution < -0.4 is 0 Å². The van der Waals surface area contributed by atoms with Crippen molar-refractivity contribution in [3.63, 3.8) is 0 Å². The lowest BCUT2D eigenvalue weighted by molar-refractivity contribution is 0.309. The number of nitrogens with zero attached hydrogens (tertiary/aromatic N) is 3. The fourth-order valence-corrected chi connectivity index (χ4v) is 3.73. The second-order valence-electron chi connectivity index (χ2n) is 7.93. The van der Waals surface area contributed by atoms with E-state index in [4.69, 9.17) is 0 Å². The largest absolute Gasteiger partial charge is 0.244 e. The molecule has 120 valence electrons. The fraction of sp³-hybridized carbons (Fsp3) is 0.889. The smallest absolute Gasteiger partial charge is 0.0862 e. The van der Waals surface area contributed by atoms with Crippen LogP contribution in [-0.4, -0.2) is 15.0 Å². The Morgan fingerprint density at radius 2 is 2.00 bits per heavy atom. The number of aromatic nitrogens is 3. The van der Waals surface area contributed by atoms with Crippen LogP contribution in [-0.2, 0) is 12.0 Å². The summed E-state index contributed by atoms with van der Waals surface area (Å²) in [5.41, 5.74) is 2.76. The summed E-state index contributed by atoms with van der Waals surface area (Å²) >= 11 is 0. The van der Waals surface area contributed by atoms with Crippen LogP contribution in [0.15, 0.2) is 0 Å². The third kappa shape index (κ3) is 4.08. The molecule has 0 bridgehead atoms. The van der Waals surface area contributed by atoms with E-state index in [0.717, 1.165) is 12.3 Å². The van der Waals surface area contributed by atoms with E-state index in [-0.39, 0.29) is 5.54 Å². The minimum atomic E-state index is 0.0338. The maximum atomic E-state index is 4.54. The standard InChI is InChI=1S/C18H33N3/c1-6-10-14(2)13-15-11-8-7-9-12-16-17(15)21(20-19-16)18(3,4)5/h14-15H,6-13H2,1-5H3. The van der Waals surface area contributed by atoms with Crippen LogP contribution in [0.5, 0.6) is 0 Å². The van der Waals surface area contributed by atoms with Gasteiger partial charge in [0.15, 0.2) is 0 Å². The van der Waals surface area contributed by atoms with Crippen LogP contribution in [0.4, 0.5) is 0 Å². The number of hydrogen-bond donors (Lipinski definition) is 0. The highest BCUT2D eigenvalue weighted by molar-refractivity contribution is 5.18. The van der Waals surface area contributed by atoms with Gasteiger partial charge >= 0.3 is 0 Å². The van der Waals surface area contributed by atoms with E-state index in [2.05, 4.69) is 49.6 Å². The molecule has 0 spiro atoms. The minimum Gasteiger partial charge on any atom is -0.244 e. The molecule has 0 aromatic carbocycles. The Balaban J connectivity index is 2.31. The van der Waals surface area contributed by atoms with E-state index in [0.29, 0.717) is 5.92 Å². The van der Waals surface area contributed by atoms with E-state index in [1.165, 1.54) is 56.3 Å². The van der Waals surface area contributed by atoms with Crippen LogP contribution in [0, 0.1) is 5.92 Å². The Morgan fingerprint density at radius 1 is 1.24 bits per heavy atom. The third-order valence-electron chi connectivity index (χ3n) is 4.74. The van der Waals surface area contributed by atoms with Crippen molar-refractivity contribution in [2.75, 3.05) is 0 Å². The Bertz CT molecular complexity index is 442. The molecule has 3 nitrogen and oxygen atoms in total.